The van der Waals surface area contributed by atoms with Crippen molar-refractivity contribution in [2.24, 2.45) is 0 Å². The quantitative estimate of drug-likeness (QED) is 0.521. The van der Waals surface area contributed by atoms with Crippen LogP contribution in [0.25, 0.3) is 0 Å². The Hall–Kier alpha value is -4.38. The molecule has 5 rings (SSSR count). The van der Waals surface area contributed by atoms with Crippen LogP contribution in [0, 0.1) is 6.92 Å². The minimum atomic E-state index is -1.24. The van der Waals surface area contributed by atoms with E-state index in [1.807, 2.05) is 19.1 Å². The number of anilines is 2. The number of nitrogens with one attached hydrogen (secondary N) is 1. The Morgan fingerprint density at radius 2 is 1.75 bits per heavy atom. The molecule has 36 heavy (non-hydrogen) atoms. The lowest BCUT2D eigenvalue weighted by Crippen LogP contribution is -2.57. The average molecular weight is 489 g/mol. The van der Waals surface area contributed by atoms with Gasteiger partial charge in [-0.25, -0.2) is 24.4 Å². The van der Waals surface area contributed by atoms with Crippen molar-refractivity contribution < 1.29 is 19.5 Å². The van der Waals surface area contributed by atoms with Crippen molar-refractivity contribution >= 4 is 29.5 Å². The van der Waals surface area contributed by atoms with Crippen LogP contribution in [0.5, 0.6) is 0 Å². The van der Waals surface area contributed by atoms with E-state index in [4.69, 9.17) is 0 Å². The van der Waals surface area contributed by atoms with Gasteiger partial charge in [0.15, 0.2) is 0 Å². The van der Waals surface area contributed by atoms with E-state index in [0.717, 1.165) is 16.2 Å². The van der Waals surface area contributed by atoms with Gasteiger partial charge in [0, 0.05) is 38.1 Å². The summed E-state index contributed by atoms with van der Waals surface area (Å²) in [6.07, 6.45) is 3.69. The molecule has 3 aromatic rings. The van der Waals surface area contributed by atoms with Crippen molar-refractivity contribution in [3.05, 3.63) is 82.0 Å². The predicted octanol–water partition coefficient (Wildman–Crippen LogP) is 2.18. The van der Waals surface area contributed by atoms with Crippen molar-refractivity contribution in [2.45, 2.75) is 31.8 Å². The topological polar surface area (TPSA) is 140 Å². The highest BCUT2D eigenvalue weighted by Gasteiger charge is 2.60. The van der Waals surface area contributed by atoms with Crippen LogP contribution in [0.2, 0.25) is 0 Å². The zero-order valence-corrected chi connectivity index (χ0v) is 19.5. The molecule has 2 aliphatic rings. The van der Waals surface area contributed by atoms with Crippen LogP contribution in [0.3, 0.4) is 0 Å². The lowest BCUT2D eigenvalue weighted by Gasteiger charge is -2.41. The van der Waals surface area contributed by atoms with E-state index in [9.17, 15) is 24.3 Å². The SMILES string of the molecule is Cc1cccnc1CN1CCC2(CC1)C(=O)N(c1ccc(C(=O)O)cc1)C(=O)N2c1nccc(=O)[nH]1. The average Bonchev–Trinajstić information content (AvgIpc) is 3.07. The molecule has 2 fully saturated rings. The molecule has 1 spiro atoms. The van der Waals surface area contributed by atoms with Gasteiger partial charge in [0.25, 0.3) is 11.5 Å². The number of carboxylic acids is 1. The molecular formula is C25H24N6O5. The summed E-state index contributed by atoms with van der Waals surface area (Å²) in [7, 11) is 0. The largest absolute Gasteiger partial charge is 0.478 e. The minimum absolute atomic E-state index is 0.000438. The van der Waals surface area contributed by atoms with Gasteiger partial charge in [0.2, 0.25) is 5.95 Å². The summed E-state index contributed by atoms with van der Waals surface area (Å²) >= 11 is 0. The maximum absolute atomic E-state index is 13.9. The van der Waals surface area contributed by atoms with Crippen LogP contribution in [-0.2, 0) is 11.3 Å². The number of amides is 3. The number of aromatic amines is 1. The molecular weight excluding hydrogens is 464 g/mol. The van der Waals surface area contributed by atoms with Gasteiger partial charge >= 0.3 is 12.0 Å². The number of imide groups is 1. The number of likely N-dealkylation sites (tertiary alicyclic amines) is 1. The number of benzene rings is 1. The Balaban J connectivity index is 1.48. The van der Waals surface area contributed by atoms with E-state index >= 15 is 0 Å². The Morgan fingerprint density at radius 3 is 2.39 bits per heavy atom. The number of carbonyl (C=O) groups is 3. The zero-order chi connectivity index (χ0) is 25.4. The van der Waals surface area contributed by atoms with Gasteiger partial charge in [-0.1, -0.05) is 6.07 Å². The maximum Gasteiger partial charge on any atom is 0.339 e. The second kappa shape index (κ2) is 9.00. The summed E-state index contributed by atoms with van der Waals surface area (Å²) in [6, 6.07) is 10.0. The number of urea groups is 1. The highest BCUT2D eigenvalue weighted by molar-refractivity contribution is 6.30. The lowest BCUT2D eigenvalue weighted by molar-refractivity contribution is -0.123. The Kier molecular flexibility index (Phi) is 5.84. The summed E-state index contributed by atoms with van der Waals surface area (Å²) in [5.41, 5.74) is 0.637. The molecule has 11 nitrogen and oxygen atoms in total. The van der Waals surface area contributed by atoms with Crippen LogP contribution in [-0.4, -0.2) is 61.5 Å². The summed E-state index contributed by atoms with van der Waals surface area (Å²) in [4.78, 5) is 66.6. The number of nitrogens with zero attached hydrogens (tertiary/aromatic N) is 5. The summed E-state index contributed by atoms with van der Waals surface area (Å²) in [5, 5.41) is 9.20. The Morgan fingerprint density at radius 1 is 1.03 bits per heavy atom. The molecule has 2 aromatic heterocycles. The standard InChI is InChI=1S/C25H24N6O5/c1-16-3-2-11-26-19(16)15-29-13-9-25(10-14-29)22(35)30(18-6-4-17(5-7-18)21(33)34)24(36)31(25)23-27-12-8-20(32)28-23/h2-8,11-12H,9-10,13-15H2,1H3,(H,33,34)(H,27,28,32). The van der Waals surface area contributed by atoms with Crippen molar-refractivity contribution in [1.82, 2.24) is 19.9 Å². The van der Waals surface area contributed by atoms with Gasteiger partial charge in [-0.05, 0) is 55.7 Å². The molecule has 4 heterocycles. The maximum atomic E-state index is 13.9. The molecule has 11 heteroatoms. The minimum Gasteiger partial charge on any atom is -0.478 e. The van der Waals surface area contributed by atoms with E-state index in [2.05, 4.69) is 19.9 Å². The van der Waals surface area contributed by atoms with E-state index < -0.39 is 29.0 Å². The molecule has 0 radical (unpaired) electrons. The number of pyridine rings is 1. The molecule has 0 saturated carbocycles. The molecule has 3 amide bonds. The van der Waals surface area contributed by atoms with Crippen LogP contribution in [0.1, 0.15) is 34.5 Å². The molecule has 2 N–H and O–H groups in total. The first-order valence-electron chi connectivity index (χ1n) is 11.5. The normalized spacial score (nSPS) is 17.7. The Labute approximate surface area is 206 Å². The highest BCUT2D eigenvalue weighted by Crippen LogP contribution is 2.41. The van der Waals surface area contributed by atoms with Crippen molar-refractivity contribution in [3.8, 4) is 0 Å². The fraction of sp³-hybridized carbons (Fsp3) is 0.280. The van der Waals surface area contributed by atoms with Crippen molar-refractivity contribution in [1.29, 1.82) is 0 Å². The molecule has 2 saturated heterocycles. The molecule has 0 bridgehead atoms. The third-order valence-electron chi connectivity index (χ3n) is 6.83. The third kappa shape index (κ3) is 3.93. The number of piperidine rings is 1. The van der Waals surface area contributed by atoms with E-state index in [1.54, 1.807) is 6.20 Å². The van der Waals surface area contributed by atoms with Gasteiger partial charge in [-0.2, -0.15) is 0 Å². The third-order valence-corrected chi connectivity index (χ3v) is 6.83. The van der Waals surface area contributed by atoms with Gasteiger partial charge in [0.1, 0.15) is 5.54 Å². The van der Waals surface area contributed by atoms with Crippen LogP contribution >= 0.6 is 0 Å². The van der Waals surface area contributed by atoms with Gasteiger partial charge < -0.3 is 5.11 Å². The fourth-order valence-electron chi connectivity index (χ4n) is 4.84. The van der Waals surface area contributed by atoms with Crippen LogP contribution in [0.15, 0.2) is 59.7 Å². The van der Waals surface area contributed by atoms with E-state index in [-0.39, 0.29) is 17.2 Å². The molecule has 184 valence electrons. The number of carbonyl (C=O) groups excluding carboxylic acids is 2. The number of H-pyrrole nitrogens is 1. The first-order chi connectivity index (χ1) is 17.3. The molecule has 2 aliphatic heterocycles. The molecule has 0 unspecified atom stereocenters. The molecule has 0 aliphatic carbocycles. The number of hydrogen-bond acceptors (Lipinski definition) is 7. The number of aromatic carboxylic acids is 1. The van der Waals surface area contributed by atoms with E-state index in [0.29, 0.717) is 32.5 Å². The number of rotatable bonds is 5. The van der Waals surface area contributed by atoms with Gasteiger partial charge in [-0.15, -0.1) is 0 Å². The Bertz CT molecular complexity index is 1390. The van der Waals surface area contributed by atoms with Gasteiger partial charge in [-0.3, -0.25) is 24.5 Å². The number of carboxylic acid groups (broad SMARTS) is 1. The first-order valence-corrected chi connectivity index (χ1v) is 11.5. The predicted molar refractivity (Wildman–Crippen MR) is 130 cm³/mol. The lowest BCUT2D eigenvalue weighted by atomic mass is 9.85. The summed E-state index contributed by atoms with van der Waals surface area (Å²) in [6.45, 7) is 3.66. The van der Waals surface area contributed by atoms with Crippen molar-refractivity contribution in [2.75, 3.05) is 22.9 Å². The fourth-order valence-corrected chi connectivity index (χ4v) is 4.84. The number of hydrogen-bond donors (Lipinski definition) is 2. The molecule has 0 atom stereocenters. The first kappa shape index (κ1) is 23.4. The van der Waals surface area contributed by atoms with Gasteiger partial charge in [0.05, 0.1) is 16.9 Å². The highest BCUT2D eigenvalue weighted by atomic mass is 16.4. The number of aryl methyl sites for hydroxylation is 1. The van der Waals surface area contributed by atoms with Crippen LogP contribution < -0.4 is 15.4 Å². The summed E-state index contributed by atoms with van der Waals surface area (Å²) in [5.74, 6) is -1.55. The second-order valence-electron chi connectivity index (χ2n) is 8.94. The van der Waals surface area contributed by atoms with Crippen LogP contribution in [0.4, 0.5) is 16.4 Å². The molecule has 1 aromatic carbocycles. The van der Waals surface area contributed by atoms with E-state index in [1.165, 1.54) is 41.4 Å². The summed E-state index contributed by atoms with van der Waals surface area (Å²) < 4.78 is 0. The monoisotopic (exact) mass is 488 g/mol. The van der Waals surface area contributed by atoms with Crippen molar-refractivity contribution in [3.63, 3.8) is 0 Å². The smallest absolute Gasteiger partial charge is 0.339 e. The number of aromatic nitrogens is 3. The second-order valence-corrected chi connectivity index (χ2v) is 8.94. The zero-order valence-electron chi connectivity index (χ0n) is 19.5.